The van der Waals surface area contributed by atoms with E-state index in [2.05, 4.69) is 55.0 Å². The van der Waals surface area contributed by atoms with E-state index in [-0.39, 0.29) is 11.2 Å². The molecule has 2 atom stereocenters. The molecule has 2 saturated heterocycles. The molecule has 0 bridgehead atoms. The molecule has 0 aromatic heterocycles. The molecule has 1 N–H and O–H groups in total. The third-order valence-corrected chi connectivity index (χ3v) is 8.11. The van der Waals surface area contributed by atoms with E-state index in [4.69, 9.17) is 9.73 Å². The monoisotopic (exact) mass is 429 g/mol. The number of piperidine rings is 1. The van der Waals surface area contributed by atoms with Crippen molar-refractivity contribution < 1.29 is 9.84 Å². The van der Waals surface area contributed by atoms with Crippen LogP contribution in [0.3, 0.4) is 0 Å². The Balaban J connectivity index is 1.53. The zero-order chi connectivity index (χ0) is 22.1. The molecule has 0 radical (unpaired) electrons. The largest absolute Gasteiger partial charge is 0.508 e. The van der Waals surface area contributed by atoms with Gasteiger partial charge in [0.1, 0.15) is 11.4 Å². The maximum absolute atomic E-state index is 10.3. The van der Waals surface area contributed by atoms with Crippen LogP contribution in [0.15, 0.2) is 53.1 Å². The molecule has 5 nitrogen and oxygen atoms in total. The van der Waals surface area contributed by atoms with Gasteiger partial charge in [-0.2, -0.15) is 0 Å². The second kappa shape index (κ2) is 6.85. The summed E-state index contributed by atoms with van der Waals surface area (Å²) in [6.07, 6.45) is 13.3. The zero-order valence-corrected chi connectivity index (χ0v) is 19.1. The number of hydrogen-bond donors (Lipinski definition) is 1. The van der Waals surface area contributed by atoms with Gasteiger partial charge in [0.15, 0.2) is 5.75 Å². The number of likely N-dealkylation sites (N-methyl/N-ethyl adjacent to an activating group) is 1. The fourth-order valence-corrected chi connectivity index (χ4v) is 6.25. The Morgan fingerprint density at radius 1 is 1.09 bits per heavy atom. The summed E-state index contributed by atoms with van der Waals surface area (Å²) in [6, 6.07) is 8.13. The van der Waals surface area contributed by atoms with E-state index in [0.717, 1.165) is 41.7 Å². The fraction of sp³-hybridized carbons (Fsp3) is 0.444. The summed E-state index contributed by atoms with van der Waals surface area (Å²) in [5, 5.41) is 12.3. The van der Waals surface area contributed by atoms with Crippen LogP contribution in [-0.4, -0.2) is 48.1 Å². The number of benzene rings is 2. The standard InChI is InChI=1S/C27H31N3O2/c1-26(2)21-9-5-6-10-22(21)29(3)27(26)17-28-25-20-15-18(31)11-12-19(20)23(16-24(25)32-27)30-13-7-4-8-14-30/h5-6,9,11-12,15-17,22,31H,4,7-8,10,13-14H2,1-3H3. The van der Waals surface area contributed by atoms with Crippen molar-refractivity contribution >= 4 is 28.4 Å². The van der Waals surface area contributed by atoms with E-state index in [1.165, 1.54) is 30.5 Å². The molecular formula is C27H31N3O2. The molecule has 166 valence electrons. The number of hydrogen-bond acceptors (Lipinski definition) is 5. The lowest BCUT2D eigenvalue weighted by Crippen LogP contribution is -2.58. The first-order valence-corrected chi connectivity index (χ1v) is 11.8. The van der Waals surface area contributed by atoms with Gasteiger partial charge in [0.05, 0.1) is 6.21 Å². The first-order valence-electron chi connectivity index (χ1n) is 11.8. The number of ether oxygens (including phenoxy) is 1. The maximum atomic E-state index is 10.3. The lowest BCUT2D eigenvalue weighted by Gasteiger charge is -2.44. The Morgan fingerprint density at radius 2 is 1.91 bits per heavy atom. The molecular weight excluding hydrogens is 398 g/mol. The van der Waals surface area contributed by atoms with E-state index < -0.39 is 5.72 Å². The van der Waals surface area contributed by atoms with Gasteiger partial charge < -0.3 is 14.7 Å². The molecule has 2 aromatic rings. The third kappa shape index (κ3) is 2.57. The van der Waals surface area contributed by atoms with Crippen molar-refractivity contribution in [2.75, 3.05) is 25.0 Å². The van der Waals surface area contributed by atoms with Crippen LogP contribution in [-0.2, 0) is 0 Å². The van der Waals surface area contributed by atoms with E-state index in [1.807, 2.05) is 18.3 Å². The van der Waals surface area contributed by atoms with E-state index in [0.29, 0.717) is 6.04 Å². The Bertz CT molecular complexity index is 1190. The lowest BCUT2D eigenvalue weighted by molar-refractivity contribution is -0.0493. The van der Waals surface area contributed by atoms with Crippen LogP contribution in [0, 0.1) is 5.41 Å². The van der Waals surface area contributed by atoms with Crippen molar-refractivity contribution in [2.24, 2.45) is 10.4 Å². The van der Waals surface area contributed by atoms with Gasteiger partial charge in [0, 0.05) is 47.1 Å². The van der Waals surface area contributed by atoms with Crippen LogP contribution in [0.5, 0.6) is 11.5 Å². The Morgan fingerprint density at radius 3 is 2.69 bits per heavy atom. The predicted molar refractivity (Wildman–Crippen MR) is 130 cm³/mol. The molecule has 1 aliphatic carbocycles. The number of aliphatic imine (C=N–C) groups is 1. The average molecular weight is 430 g/mol. The van der Waals surface area contributed by atoms with Gasteiger partial charge in [-0.05, 0) is 56.5 Å². The topological polar surface area (TPSA) is 48.3 Å². The number of rotatable bonds is 1. The average Bonchev–Trinajstić information content (AvgIpc) is 2.97. The molecule has 2 aromatic carbocycles. The second-order valence-electron chi connectivity index (χ2n) is 10.1. The first-order chi connectivity index (χ1) is 15.4. The van der Waals surface area contributed by atoms with Crippen LogP contribution in [0.1, 0.15) is 39.5 Å². The molecule has 4 aliphatic rings. The predicted octanol–water partition coefficient (Wildman–Crippen LogP) is 5.55. The number of phenolic OH excluding ortho intramolecular Hbond substituents is 1. The highest BCUT2D eigenvalue weighted by Gasteiger charge is 2.62. The van der Waals surface area contributed by atoms with E-state index in [9.17, 15) is 5.11 Å². The molecule has 2 unspecified atom stereocenters. The number of nitrogens with zero attached hydrogens (tertiary/aromatic N) is 3. The number of phenols is 1. The summed E-state index contributed by atoms with van der Waals surface area (Å²) in [7, 11) is 2.15. The molecule has 2 fully saturated rings. The third-order valence-electron chi connectivity index (χ3n) is 8.11. The van der Waals surface area contributed by atoms with Crippen LogP contribution < -0.4 is 9.64 Å². The highest BCUT2D eigenvalue weighted by molar-refractivity contribution is 6.06. The summed E-state index contributed by atoms with van der Waals surface area (Å²) in [5.41, 5.74) is 2.52. The Hall–Kier alpha value is -2.79. The summed E-state index contributed by atoms with van der Waals surface area (Å²) >= 11 is 0. The number of anilines is 1. The van der Waals surface area contributed by atoms with Gasteiger partial charge in [-0.15, -0.1) is 0 Å². The van der Waals surface area contributed by atoms with Crippen LogP contribution >= 0.6 is 0 Å². The van der Waals surface area contributed by atoms with Crippen molar-refractivity contribution in [3.8, 4) is 11.5 Å². The van der Waals surface area contributed by atoms with Crippen LogP contribution in [0.4, 0.5) is 11.4 Å². The smallest absolute Gasteiger partial charge is 0.209 e. The van der Waals surface area contributed by atoms with Crippen molar-refractivity contribution in [3.05, 3.63) is 48.1 Å². The number of fused-ring (bicyclic) bond motifs is 4. The van der Waals surface area contributed by atoms with Crippen molar-refractivity contribution in [1.82, 2.24) is 4.90 Å². The number of allylic oxidation sites excluding steroid dienone is 2. The lowest BCUT2D eigenvalue weighted by atomic mass is 9.75. The molecule has 32 heavy (non-hydrogen) atoms. The minimum atomic E-state index is -0.647. The highest BCUT2D eigenvalue weighted by Crippen LogP contribution is 2.56. The minimum absolute atomic E-state index is 0.225. The van der Waals surface area contributed by atoms with Gasteiger partial charge in [-0.25, -0.2) is 0 Å². The van der Waals surface area contributed by atoms with Crippen molar-refractivity contribution in [1.29, 1.82) is 0 Å². The van der Waals surface area contributed by atoms with E-state index in [1.54, 1.807) is 6.07 Å². The maximum Gasteiger partial charge on any atom is 0.209 e. The normalized spacial score (nSPS) is 28.5. The molecule has 0 amide bonds. The molecule has 1 spiro atoms. The van der Waals surface area contributed by atoms with E-state index >= 15 is 0 Å². The van der Waals surface area contributed by atoms with Gasteiger partial charge in [-0.1, -0.05) is 32.1 Å². The Labute approximate surface area is 189 Å². The van der Waals surface area contributed by atoms with Crippen molar-refractivity contribution in [3.63, 3.8) is 0 Å². The van der Waals surface area contributed by atoms with Crippen LogP contribution in [0.25, 0.3) is 10.8 Å². The molecule has 3 aliphatic heterocycles. The number of aromatic hydroxyl groups is 1. The SMILES string of the molecule is CN1C2CC=CC=C2C(C)(C)C12C=Nc1c(cc(N3CCCCC3)c3ccc(O)cc13)O2. The van der Waals surface area contributed by atoms with Gasteiger partial charge >= 0.3 is 0 Å². The quantitative estimate of drug-likeness (QED) is 0.645. The van der Waals surface area contributed by atoms with Gasteiger partial charge in [0.25, 0.3) is 0 Å². The molecule has 0 saturated carbocycles. The minimum Gasteiger partial charge on any atom is -0.508 e. The zero-order valence-electron chi connectivity index (χ0n) is 19.1. The molecule has 6 rings (SSSR count). The fourth-order valence-electron chi connectivity index (χ4n) is 6.25. The molecule has 3 heterocycles. The summed E-state index contributed by atoms with van der Waals surface area (Å²) in [5.74, 6) is 1.06. The number of likely N-dealkylation sites (tertiary alicyclic amines) is 1. The first kappa shape index (κ1) is 19.9. The van der Waals surface area contributed by atoms with Gasteiger partial charge in [0.2, 0.25) is 5.72 Å². The summed E-state index contributed by atoms with van der Waals surface area (Å²) in [6.45, 7) is 6.64. The van der Waals surface area contributed by atoms with Crippen molar-refractivity contribution in [2.45, 2.75) is 51.3 Å². The van der Waals surface area contributed by atoms with Crippen LogP contribution in [0.2, 0.25) is 0 Å². The molecule has 5 heteroatoms. The Kier molecular flexibility index (Phi) is 4.25. The van der Waals surface area contributed by atoms with Gasteiger partial charge in [-0.3, -0.25) is 9.89 Å². The summed E-state index contributed by atoms with van der Waals surface area (Å²) in [4.78, 5) is 9.83. The second-order valence-corrected chi connectivity index (χ2v) is 10.1. The highest BCUT2D eigenvalue weighted by atomic mass is 16.5. The summed E-state index contributed by atoms with van der Waals surface area (Å²) < 4.78 is 6.98.